The number of urea groups is 1. The molecule has 33 heavy (non-hydrogen) atoms. The molecule has 0 radical (unpaired) electrons. The molecule has 2 N–H and O–H groups in total. The molecule has 0 aliphatic carbocycles. The topological polar surface area (TPSA) is 92.8 Å². The molecule has 0 bridgehead atoms. The van der Waals surface area contributed by atoms with Crippen LogP contribution < -0.4 is 15.4 Å². The summed E-state index contributed by atoms with van der Waals surface area (Å²) in [5.41, 5.74) is 3.95. The van der Waals surface area contributed by atoms with Gasteiger partial charge in [-0.3, -0.25) is 4.79 Å². The largest absolute Gasteiger partial charge is 0.497 e. The summed E-state index contributed by atoms with van der Waals surface area (Å²) >= 11 is 1.33. The lowest BCUT2D eigenvalue weighted by atomic mass is 10.1. The number of nitrogens with zero attached hydrogens (tertiary/aromatic N) is 2. The van der Waals surface area contributed by atoms with E-state index in [2.05, 4.69) is 15.6 Å². The Morgan fingerprint density at radius 2 is 1.73 bits per heavy atom. The molecule has 0 saturated carbocycles. The molecule has 1 aromatic heterocycles. The fraction of sp³-hybridized carbons (Fsp3) is 0.292. The zero-order valence-electron chi connectivity index (χ0n) is 19.2. The van der Waals surface area contributed by atoms with Gasteiger partial charge in [-0.05, 0) is 61.4 Å². The number of rotatable bonds is 9. The zero-order chi connectivity index (χ0) is 23.8. The molecular formula is C24H28N4O4S. The van der Waals surface area contributed by atoms with Crippen LogP contribution in [-0.2, 0) is 11.3 Å². The number of nitrogens with one attached hydrogen (secondary N) is 2. The number of carbonyl (C=O) groups excluding carboxylic acids is 2. The maximum atomic E-state index is 12.8. The van der Waals surface area contributed by atoms with E-state index < -0.39 is 0 Å². The Hall–Kier alpha value is -3.43. The molecule has 174 valence electrons. The molecule has 9 heteroatoms. The first kappa shape index (κ1) is 24.2. The van der Waals surface area contributed by atoms with Crippen LogP contribution in [0.15, 0.2) is 47.8 Å². The summed E-state index contributed by atoms with van der Waals surface area (Å²) in [6.45, 7) is 5.03. The van der Waals surface area contributed by atoms with Crippen LogP contribution in [0.25, 0.3) is 0 Å². The SMILES string of the molecule is COCCN(Cc1nc(C(=O)Nc2ccc(C)c(C)c2)cs1)C(=O)Nc1ccc(OC)cc1. The van der Waals surface area contributed by atoms with Crippen molar-refractivity contribution in [1.29, 1.82) is 0 Å². The number of methoxy groups -OCH3 is 2. The molecule has 0 aliphatic heterocycles. The van der Waals surface area contributed by atoms with E-state index >= 15 is 0 Å². The zero-order valence-corrected chi connectivity index (χ0v) is 20.0. The summed E-state index contributed by atoms with van der Waals surface area (Å²) in [6, 6.07) is 12.6. The minimum Gasteiger partial charge on any atom is -0.497 e. The summed E-state index contributed by atoms with van der Waals surface area (Å²) in [5.74, 6) is 0.422. The van der Waals surface area contributed by atoms with Gasteiger partial charge in [0.1, 0.15) is 16.5 Å². The van der Waals surface area contributed by atoms with Gasteiger partial charge in [0.05, 0.1) is 20.3 Å². The molecule has 0 unspecified atom stereocenters. The van der Waals surface area contributed by atoms with Crippen molar-refractivity contribution in [2.24, 2.45) is 0 Å². The van der Waals surface area contributed by atoms with Crippen LogP contribution in [0.1, 0.15) is 26.6 Å². The summed E-state index contributed by atoms with van der Waals surface area (Å²) in [5, 5.41) is 8.09. The number of ether oxygens (including phenoxy) is 2. The number of benzene rings is 2. The van der Waals surface area contributed by atoms with E-state index in [1.54, 1.807) is 48.8 Å². The highest BCUT2D eigenvalue weighted by atomic mass is 32.1. The highest BCUT2D eigenvalue weighted by Crippen LogP contribution is 2.19. The van der Waals surface area contributed by atoms with Crippen molar-refractivity contribution in [2.75, 3.05) is 38.0 Å². The van der Waals surface area contributed by atoms with Crippen LogP contribution in [-0.4, -0.2) is 49.2 Å². The predicted octanol–water partition coefficient (Wildman–Crippen LogP) is 4.70. The fourth-order valence-corrected chi connectivity index (χ4v) is 3.78. The third-order valence-electron chi connectivity index (χ3n) is 5.07. The second-order valence-electron chi connectivity index (χ2n) is 7.45. The van der Waals surface area contributed by atoms with Gasteiger partial charge in [-0.25, -0.2) is 9.78 Å². The van der Waals surface area contributed by atoms with Crippen LogP contribution in [0, 0.1) is 13.8 Å². The fourth-order valence-electron chi connectivity index (χ4n) is 3.00. The molecule has 0 spiro atoms. The minimum atomic E-state index is -0.285. The van der Waals surface area contributed by atoms with Crippen molar-refractivity contribution in [2.45, 2.75) is 20.4 Å². The van der Waals surface area contributed by atoms with Gasteiger partial charge < -0.3 is 25.0 Å². The molecule has 3 amide bonds. The number of thiazole rings is 1. The van der Waals surface area contributed by atoms with E-state index in [9.17, 15) is 9.59 Å². The summed E-state index contributed by atoms with van der Waals surface area (Å²) in [7, 11) is 3.17. The number of aromatic nitrogens is 1. The minimum absolute atomic E-state index is 0.257. The highest BCUT2D eigenvalue weighted by Gasteiger charge is 2.18. The second-order valence-corrected chi connectivity index (χ2v) is 8.40. The lowest BCUT2D eigenvalue weighted by molar-refractivity contribution is 0.102. The van der Waals surface area contributed by atoms with Crippen molar-refractivity contribution in [3.05, 3.63) is 69.7 Å². The van der Waals surface area contributed by atoms with E-state index in [-0.39, 0.29) is 18.5 Å². The predicted molar refractivity (Wildman–Crippen MR) is 130 cm³/mol. The van der Waals surface area contributed by atoms with E-state index in [1.807, 2.05) is 32.0 Å². The third kappa shape index (κ3) is 6.77. The lowest BCUT2D eigenvalue weighted by Crippen LogP contribution is -2.36. The Morgan fingerprint density at radius 3 is 2.39 bits per heavy atom. The number of hydrogen-bond donors (Lipinski definition) is 2. The molecule has 0 atom stereocenters. The number of aryl methyl sites for hydroxylation is 2. The van der Waals surface area contributed by atoms with Crippen LogP contribution in [0.4, 0.5) is 16.2 Å². The van der Waals surface area contributed by atoms with Crippen molar-refractivity contribution in [3.63, 3.8) is 0 Å². The van der Waals surface area contributed by atoms with Gasteiger partial charge >= 0.3 is 6.03 Å². The van der Waals surface area contributed by atoms with Crippen molar-refractivity contribution < 1.29 is 19.1 Å². The van der Waals surface area contributed by atoms with Crippen LogP contribution in [0.2, 0.25) is 0 Å². The summed E-state index contributed by atoms with van der Waals surface area (Å²) in [4.78, 5) is 31.5. The number of hydrogen-bond acceptors (Lipinski definition) is 6. The van der Waals surface area contributed by atoms with Gasteiger partial charge in [0.25, 0.3) is 5.91 Å². The van der Waals surface area contributed by atoms with E-state index in [4.69, 9.17) is 9.47 Å². The number of carbonyl (C=O) groups is 2. The van der Waals surface area contributed by atoms with Crippen molar-refractivity contribution in [3.8, 4) is 5.75 Å². The van der Waals surface area contributed by atoms with Gasteiger partial charge in [0, 0.05) is 30.4 Å². The molecule has 3 rings (SSSR count). The maximum Gasteiger partial charge on any atom is 0.322 e. The van der Waals surface area contributed by atoms with Crippen molar-refractivity contribution >= 4 is 34.6 Å². The number of anilines is 2. The average Bonchev–Trinajstić information content (AvgIpc) is 3.28. The number of amides is 3. The normalized spacial score (nSPS) is 10.5. The summed E-state index contributed by atoms with van der Waals surface area (Å²) in [6.07, 6.45) is 0. The Morgan fingerprint density at radius 1 is 1.00 bits per heavy atom. The molecule has 3 aromatic rings. The van der Waals surface area contributed by atoms with Crippen LogP contribution >= 0.6 is 11.3 Å². The first-order chi connectivity index (χ1) is 15.9. The first-order valence-corrected chi connectivity index (χ1v) is 11.3. The van der Waals surface area contributed by atoms with Gasteiger partial charge in [-0.1, -0.05) is 6.07 Å². The Kier molecular flexibility index (Phi) is 8.39. The molecular weight excluding hydrogens is 440 g/mol. The third-order valence-corrected chi connectivity index (χ3v) is 5.90. The smallest absolute Gasteiger partial charge is 0.322 e. The Balaban J connectivity index is 1.65. The maximum absolute atomic E-state index is 12.8. The van der Waals surface area contributed by atoms with Crippen molar-refractivity contribution in [1.82, 2.24) is 9.88 Å². The molecule has 0 saturated heterocycles. The molecule has 0 aliphatic rings. The first-order valence-electron chi connectivity index (χ1n) is 10.4. The molecule has 2 aromatic carbocycles. The highest BCUT2D eigenvalue weighted by molar-refractivity contribution is 7.09. The van der Waals surface area contributed by atoms with E-state index in [0.717, 1.165) is 16.8 Å². The van der Waals surface area contributed by atoms with Gasteiger partial charge in [-0.15, -0.1) is 11.3 Å². The van der Waals surface area contributed by atoms with Gasteiger partial charge in [-0.2, -0.15) is 0 Å². The van der Waals surface area contributed by atoms with Crippen LogP contribution in [0.5, 0.6) is 5.75 Å². The van der Waals surface area contributed by atoms with Crippen LogP contribution in [0.3, 0.4) is 0 Å². The monoisotopic (exact) mass is 468 g/mol. The lowest BCUT2D eigenvalue weighted by Gasteiger charge is -2.22. The molecule has 8 nitrogen and oxygen atoms in total. The quantitative estimate of drug-likeness (QED) is 0.475. The Bertz CT molecular complexity index is 1100. The standard InChI is InChI=1S/C24H28N4O4S/c1-16-5-6-19(13-17(16)2)25-23(29)21-15-33-22(27-21)14-28(11-12-31-3)24(30)26-18-7-9-20(32-4)10-8-18/h5-10,13,15H,11-12,14H2,1-4H3,(H,25,29)(H,26,30). The Labute approximate surface area is 197 Å². The molecule has 1 heterocycles. The second kappa shape index (κ2) is 11.4. The average molecular weight is 469 g/mol. The van der Waals surface area contributed by atoms with E-state index in [0.29, 0.717) is 35.3 Å². The van der Waals surface area contributed by atoms with E-state index in [1.165, 1.54) is 11.3 Å². The summed E-state index contributed by atoms with van der Waals surface area (Å²) < 4.78 is 10.3. The molecule has 0 fully saturated rings. The van der Waals surface area contributed by atoms with Gasteiger partial charge in [0.2, 0.25) is 0 Å². The van der Waals surface area contributed by atoms with Gasteiger partial charge in [0.15, 0.2) is 0 Å².